The normalized spacial score (nSPS) is 28.3. The molecule has 166 valence electrons. The van der Waals surface area contributed by atoms with Crippen LogP contribution in [0.1, 0.15) is 57.5 Å². The van der Waals surface area contributed by atoms with Crippen LogP contribution in [0, 0.1) is 17.8 Å². The predicted octanol–water partition coefficient (Wildman–Crippen LogP) is 1.42. The minimum absolute atomic E-state index is 0.192. The molecule has 1 saturated carbocycles. The van der Waals surface area contributed by atoms with Crippen molar-refractivity contribution in [2.45, 2.75) is 69.1 Å². The molecular formula is C21H28N6O3S. The molecule has 0 spiro atoms. The van der Waals surface area contributed by atoms with Crippen molar-refractivity contribution < 1.29 is 14.6 Å². The van der Waals surface area contributed by atoms with Gasteiger partial charge in [-0.15, -0.1) is 0 Å². The Hall–Kier alpha value is -2.35. The number of ether oxygens (including phenoxy) is 1. The lowest BCUT2D eigenvalue weighted by atomic mass is 9.87. The van der Waals surface area contributed by atoms with Crippen molar-refractivity contribution in [2.75, 3.05) is 12.3 Å². The Morgan fingerprint density at radius 2 is 2.16 bits per heavy atom. The Bertz CT molecular complexity index is 1010. The molecule has 9 nitrogen and oxygen atoms in total. The lowest BCUT2D eigenvalue weighted by Gasteiger charge is -2.23. The zero-order valence-electron chi connectivity index (χ0n) is 17.5. The van der Waals surface area contributed by atoms with E-state index in [1.165, 1.54) is 6.33 Å². The van der Waals surface area contributed by atoms with Crippen LogP contribution in [0.15, 0.2) is 6.33 Å². The van der Waals surface area contributed by atoms with Gasteiger partial charge in [-0.3, -0.25) is 9.36 Å². The molecule has 0 radical (unpaired) electrons. The molecule has 4 rings (SSSR count). The van der Waals surface area contributed by atoms with Crippen LogP contribution in [0.2, 0.25) is 0 Å². The van der Waals surface area contributed by atoms with Crippen LogP contribution in [0.25, 0.3) is 11.2 Å². The molecule has 1 aliphatic heterocycles. The highest BCUT2D eigenvalue weighted by Gasteiger charge is 2.39. The monoisotopic (exact) mass is 444 g/mol. The van der Waals surface area contributed by atoms with Crippen molar-refractivity contribution in [3.8, 4) is 11.8 Å². The minimum atomic E-state index is -0.877. The molecular weight excluding hydrogens is 416 g/mol. The summed E-state index contributed by atoms with van der Waals surface area (Å²) in [6.07, 6.45) is 4.62. The van der Waals surface area contributed by atoms with E-state index >= 15 is 0 Å². The van der Waals surface area contributed by atoms with Gasteiger partial charge in [-0.1, -0.05) is 5.92 Å². The number of anilines is 1. The number of imidazole rings is 1. The van der Waals surface area contributed by atoms with Gasteiger partial charge < -0.3 is 20.9 Å². The number of carbonyl (C=O) groups excluding carboxylic acids is 1. The van der Waals surface area contributed by atoms with Crippen LogP contribution in [0.5, 0.6) is 0 Å². The van der Waals surface area contributed by atoms with E-state index in [4.69, 9.17) is 10.5 Å². The van der Waals surface area contributed by atoms with Crippen LogP contribution in [0.3, 0.4) is 0 Å². The van der Waals surface area contributed by atoms with E-state index in [2.05, 4.69) is 44.7 Å². The second kappa shape index (κ2) is 9.42. The fraction of sp³-hybridized carbons (Fsp3) is 0.619. The number of aliphatic hydroxyl groups is 1. The molecule has 2 aromatic heterocycles. The van der Waals surface area contributed by atoms with Gasteiger partial charge in [-0.25, -0.2) is 15.0 Å². The molecule has 4 N–H and O–H groups in total. The van der Waals surface area contributed by atoms with E-state index in [0.717, 1.165) is 32.1 Å². The SMILES string of the molecule is CCNC(=O)C1CC(O)C(n2cnc3c(N)nc(C#CCC4CCC(S)CC4)nc32)O1. The summed E-state index contributed by atoms with van der Waals surface area (Å²) in [5.74, 6) is 7.06. The third kappa shape index (κ3) is 4.79. The Balaban J connectivity index is 1.53. The van der Waals surface area contributed by atoms with E-state index in [1.807, 2.05) is 6.92 Å². The summed E-state index contributed by atoms with van der Waals surface area (Å²) in [6, 6.07) is 0. The van der Waals surface area contributed by atoms with Crippen molar-refractivity contribution in [2.24, 2.45) is 5.92 Å². The highest BCUT2D eigenvalue weighted by atomic mass is 32.1. The van der Waals surface area contributed by atoms with Crippen LogP contribution in [-0.4, -0.2) is 54.5 Å². The number of fused-ring (bicyclic) bond motifs is 1. The molecule has 0 aromatic carbocycles. The number of nitrogens with one attached hydrogen (secondary N) is 1. The molecule has 1 amide bonds. The maximum Gasteiger partial charge on any atom is 0.249 e. The number of aromatic nitrogens is 4. The summed E-state index contributed by atoms with van der Waals surface area (Å²) >= 11 is 4.54. The summed E-state index contributed by atoms with van der Waals surface area (Å²) in [7, 11) is 0. The number of nitrogen functional groups attached to an aromatic ring is 1. The summed E-state index contributed by atoms with van der Waals surface area (Å²) in [4.78, 5) is 25.1. The molecule has 3 heterocycles. The Morgan fingerprint density at radius 1 is 1.39 bits per heavy atom. The number of carbonyl (C=O) groups is 1. The minimum Gasteiger partial charge on any atom is -0.388 e. The molecule has 3 atom stereocenters. The van der Waals surface area contributed by atoms with Gasteiger partial charge >= 0.3 is 0 Å². The second-order valence-electron chi connectivity index (χ2n) is 8.15. The first-order valence-corrected chi connectivity index (χ1v) is 11.3. The lowest BCUT2D eigenvalue weighted by Crippen LogP contribution is -2.34. The maximum absolute atomic E-state index is 12.1. The molecule has 31 heavy (non-hydrogen) atoms. The summed E-state index contributed by atoms with van der Waals surface area (Å²) in [5, 5.41) is 13.7. The van der Waals surface area contributed by atoms with Gasteiger partial charge in [0.05, 0.1) is 6.33 Å². The standard InChI is InChI=1S/C21H28N6O3S/c1-2-23-20(29)15-10-14(28)21(30-15)27-11-24-17-18(22)25-16(26-19(17)27)5-3-4-12-6-8-13(31)9-7-12/h11-15,21,28,31H,2,4,6-10H2,1H3,(H,23,29)(H2,22,25,26). The summed E-state index contributed by atoms with van der Waals surface area (Å²) < 4.78 is 7.40. The highest BCUT2D eigenvalue weighted by Crippen LogP contribution is 2.32. The molecule has 1 saturated heterocycles. The smallest absolute Gasteiger partial charge is 0.249 e. The molecule has 2 aliphatic rings. The zero-order chi connectivity index (χ0) is 22.0. The average molecular weight is 445 g/mol. The Labute approximate surface area is 186 Å². The molecule has 2 fully saturated rings. The fourth-order valence-electron chi connectivity index (χ4n) is 4.16. The van der Waals surface area contributed by atoms with Crippen molar-refractivity contribution >= 4 is 35.5 Å². The second-order valence-corrected chi connectivity index (χ2v) is 8.88. The van der Waals surface area contributed by atoms with Crippen LogP contribution >= 0.6 is 12.6 Å². The average Bonchev–Trinajstić information content (AvgIpc) is 3.33. The van der Waals surface area contributed by atoms with Crippen LogP contribution in [-0.2, 0) is 9.53 Å². The van der Waals surface area contributed by atoms with Gasteiger partial charge in [-0.2, -0.15) is 12.6 Å². The Morgan fingerprint density at radius 3 is 2.90 bits per heavy atom. The predicted molar refractivity (Wildman–Crippen MR) is 119 cm³/mol. The number of amides is 1. The molecule has 2 aromatic rings. The van der Waals surface area contributed by atoms with Gasteiger partial charge in [0.2, 0.25) is 11.7 Å². The van der Waals surface area contributed by atoms with Gasteiger partial charge in [0.15, 0.2) is 17.7 Å². The third-order valence-corrected chi connectivity index (χ3v) is 6.38. The molecule has 10 heteroatoms. The number of rotatable bonds is 4. The van der Waals surface area contributed by atoms with E-state index in [1.54, 1.807) is 4.57 Å². The van der Waals surface area contributed by atoms with E-state index in [-0.39, 0.29) is 18.1 Å². The number of nitrogens with two attached hydrogens (primary N) is 1. The van der Waals surface area contributed by atoms with E-state index < -0.39 is 18.4 Å². The summed E-state index contributed by atoms with van der Waals surface area (Å²) in [5.41, 5.74) is 6.91. The van der Waals surface area contributed by atoms with E-state index in [9.17, 15) is 9.90 Å². The zero-order valence-corrected chi connectivity index (χ0v) is 18.4. The first-order valence-electron chi connectivity index (χ1n) is 10.7. The first kappa shape index (κ1) is 21.9. The van der Waals surface area contributed by atoms with Crippen LogP contribution in [0.4, 0.5) is 5.82 Å². The van der Waals surface area contributed by atoms with Crippen molar-refractivity contribution in [1.82, 2.24) is 24.8 Å². The third-order valence-electron chi connectivity index (χ3n) is 5.86. The fourth-order valence-corrected chi connectivity index (χ4v) is 4.46. The number of likely N-dealkylation sites (N-methyl/N-ethyl adjacent to an activating group) is 1. The van der Waals surface area contributed by atoms with Gasteiger partial charge in [-0.05, 0) is 44.4 Å². The number of hydrogen-bond donors (Lipinski definition) is 4. The number of hydrogen-bond acceptors (Lipinski definition) is 8. The molecule has 1 aliphatic carbocycles. The van der Waals surface area contributed by atoms with Crippen molar-refractivity contribution in [3.63, 3.8) is 0 Å². The summed E-state index contributed by atoms with van der Waals surface area (Å²) in [6.45, 7) is 2.33. The molecule has 0 bridgehead atoms. The first-order chi connectivity index (χ1) is 15.0. The highest BCUT2D eigenvalue weighted by molar-refractivity contribution is 7.80. The van der Waals surface area contributed by atoms with E-state index in [0.29, 0.717) is 34.7 Å². The van der Waals surface area contributed by atoms with Gasteiger partial charge in [0.25, 0.3) is 0 Å². The largest absolute Gasteiger partial charge is 0.388 e. The Kier molecular flexibility index (Phi) is 6.65. The van der Waals surface area contributed by atoms with Crippen molar-refractivity contribution in [3.05, 3.63) is 12.2 Å². The van der Waals surface area contributed by atoms with Crippen molar-refractivity contribution in [1.29, 1.82) is 0 Å². The number of aliphatic hydroxyl groups excluding tert-OH is 1. The van der Waals surface area contributed by atoms with Crippen LogP contribution < -0.4 is 11.1 Å². The number of nitrogens with zero attached hydrogens (tertiary/aromatic N) is 4. The molecule has 3 unspecified atom stereocenters. The topological polar surface area (TPSA) is 128 Å². The van der Waals surface area contributed by atoms with Gasteiger partial charge in [0.1, 0.15) is 17.7 Å². The maximum atomic E-state index is 12.1. The lowest BCUT2D eigenvalue weighted by molar-refractivity contribution is -0.134. The van der Waals surface area contributed by atoms with Gasteiger partial charge in [0, 0.05) is 24.6 Å². The number of thiol groups is 1. The quantitative estimate of drug-likeness (QED) is 0.415.